The highest BCUT2D eigenvalue weighted by atomic mass is 35.5. The molecule has 1 aromatic carbocycles. The van der Waals surface area contributed by atoms with Gasteiger partial charge in [0.1, 0.15) is 5.76 Å². The van der Waals surface area contributed by atoms with Gasteiger partial charge in [-0.2, -0.15) is 0 Å². The molecule has 1 aliphatic carbocycles. The van der Waals surface area contributed by atoms with Gasteiger partial charge in [0, 0.05) is 17.0 Å². The number of hydrogen-bond donors (Lipinski definition) is 1. The summed E-state index contributed by atoms with van der Waals surface area (Å²) in [4.78, 5) is 12.4. The Balaban J connectivity index is 1.74. The fourth-order valence-corrected chi connectivity index (χ4v) is 2.60. The minimum absolute atomic E-state index is 0.0918. The van der Waals surface area contributed by atoms with Gasteiger partial charge in [-0.05, 0) is 36.5 Å². The van der Waals surface area contributed by atoms with Gasteiger partial charge >= 0.3 is 0 Å². The van der Waals surface area contributed by atoms with Crippen molar-refractivity contribution < 1.29 is 9.32 Å². The molecule has 0 spiro atoms. The van der Waals surface area contributed by atoms with Crippen LogP contribution in [0.5, 0.6) is 0 Å². The lowest BCUT2D eigenvalue weighted by atomic mass is 9.96. The molecule has 1 fully saturated rings. The Kier molecular flexibility index (Phi) is 4.21. The van der Waals surface area contributed by atoms with Crippen LogP contribution in [0.3, 0.4) is 0 Å². The van der Waals surface area contributed by atoms with Crippen LogP contribution in [0.2, 0.25) is 5.02 Å². The number of halogens is 1. The third-order valence-electron chi connectivity index (χ3n) is 3.92. The van der Waals surface area contributed by atoms with Gasteiger partial charge in [0.15, 0.2) is 5.69 Å². The Morgan fingerprint density at radius 2 is 2.00 bits per heavy atom. The van der Waals surface area contributed by atoms with Crippen molar-refractivity contribution in [2.75, 3.05) is 0 Å². The van der Waals surface area contributed by atoms with Gasteiger partial charge in [-0.3, -0.25) is 4.79 Å². The van der Waals surface area contributed by atoms with Crippen LogP contribution < -0.4 is 5.32 Å². The van der Waals surface area contributed by atoms with Gasteiger partial charge in [-0.25, -0.2) is 0 Å². The molecule has 22 heavy (non-hydrogen) atoms. The number of carbonyl (C=O) groups excluding carboxylic acids is 1. The number of amides is 1. The van der Waals surface area contributed by atoms with E-state index in [0.29, 0.717) is 16.6 Å². The molecule has 1 unspecified atom stereocenters. The lowest BCUT2D eigenvalue weighted by molar-refractivity contribution is 0.0916. The minimum Gasteiger partial charge on any atom is -0.360 e. The summed E-state index contributed by atoms with van der Waals surface area (Å²) in [5.74, 6) is 1.31. The number of hydrogen-bond acceptors (Lipinski definition) is 3. The zero-order valence-corrected chi connectivity index (χ0v) is 13.4. The van der Waals surface area contributed by atoms with E-state index in [4.69, 9.17) is 16.1 Å². The van der Waals surface area contributed by atoms with Crippen molar-refractivity contribution in [3.05, 3.63) is 52.4 Å². The summed E-state index contributed by atoms with van der Waals surface area (Å²) in [6.45, 7) is 4.13. The molecule has 1 N–H and O–H groups in total. The molecule has 1 aliphatic rings. The molecular formula is C17H19ClN2O2. The van der Waals surface area contributed by atoms with E-state index in [1.54, 1.807) is 6.07 Å². The standard InChI is InChI=1S/C17H19ClN2O2/c1-10(2)16(12-5-7-13(18)8-6-12)19-17(21)14-9-15(22-20-14)11-3-4-11/h5-11,16H,3-4H2,1-2H3,(H,19,21). The van der Waals surface area contributed by atoms with Gasteiger partial charge in [-0.15, -0.1) is 0 Å². The number of aromatic nitrogens is 1. The van der Waals surface area contributed by atoms with E-state index in [9.17, 15) is 4.79 Å². The molecular weight excluding hydrogens is 300 g/mol. The van der Waals surface area contributed by atoms with E-state index in [2.05, 4.69) is 24.3 Å². The Morgan fingerprint density at radius 1 is 1.32 bits per heavy atom. The summed E-state index contributed by atoms with van der Waals surface area (Å²) in [6.07, 6.45) is 2.24. The first kappa shape index (κ1) is 15.1. The van der Waals surface area contributed by atoms with Crippen LogP contribution in [0.1, 0.15) is 60.5 Å². The predicted molar refractivity (Wildman–Crippen MR) is 85.0 cm³/mol. The van der Waals surface area contributed by atoms with Crippen molar-refractivity contribution in [1.82, 2.24) is 10.5 Å². The number of benzene rings is 1. The third kappa shape index (κ3) is 3.33. The first-order valence-electron chi connectivity index (χ1n) is 7.57. The van der Waals surface area contributed by atoms with Crippen molar-refractivity contribution in [3.63, 3.8) is 0 Å². The Labute approximate surface area is 134 Å². The first-order chi connectivity index (χ1) is 10.5. The molecule has 2 aromatic rings. The van der Waals surface area contributed by atoms with Crippen molar-refractivity contribution in [2.24, 2.45) is 5.92 Å². The van der Waals surface area contributed by atoms with Gasteiger partial charge in [0.05, 0.1) is 6.04 Å². The summed E-state index contributed by atoms with van der Waals surface area (Å²) in [6, 6.07) is 9.20. The van der Waals surface area contributed by atoms with E-state index in [0.717, 1.165) is 24.2 Å². The minimum atomic E-state index is -0.204. The molecule has 1 aromatic heterocycles. The maximum Gasteiger partial charge on any atom is 0.273 e. The Hall–Kier alpha value is -1.81. The van der Waals surface area contributed by atoms with Crippen molar-refractivity contribution in [3.8, 4) is 0 Å². The maximum absolute atomic E-state index is 12.4. The highest BCUT2D eigenvalue weighted by Crippen LogP contribution is 2.40. The smallest absolute Gasteiger partial charge is 0.273 e. The molecule has 116 valence electrons. The molecule has 0 aliphatic heterocycles. The zero-order valence-electron chi connectivity index (χ0n) is 12.7. The van der Waals surface area contributed by atoms with Crippen LogP contribution in [0.15, 0.2) is 34.9 Å². The van der Waals surface area contributed by atoms with E-state index >= 15 is 0 Å². The Bertz CT molecular complexity index is 660. The van der Waals surface area contributed by atoms with E-state index < -0.39 is 0 Å². The first-order valence-corrected chi connectivity index (χ1v) is 7.95. The molecule has 1 heterocycles. The van der Waals surface area contributed by atoms with Crippen molar-refractivity contribution in [1.29, 1.82) is 0 Å². The van der Waals surface area contributed by atoms with Gasteiger partial charge in [0.25, 0.3) is 5.91 Å². The second-order valence-electron chi connectivity index (χ2n) is 6.14. The summed E-state index contributed by atoms with van der Waals surface area (Å²) in [5.41, 5.74) is 1.38. The normalized spacial score (nSPS) is 15.8. The molecule has 4 nitrogen and oxygen atoms in total. The summed E-state index contributed by atoms with van der Waals surface area (Å²) in [7, 11) is 0. The maximum atomic E-state index is 12.4. The van der Waals surface area contributed by atoms with Crippen LogP contribution in [-0.2, 0) is 0 Å². The van der Waals surface area contributed by atoms with Crippen LogP contribution in [0.25, 0.3) is 0 Å². The number of nitrogens with zero attached hydrogens (tertiary/aromatic N) is 1. The Morgan fingerprint density at radius 3 is 2.59 bits per heavy atom. The average molecular weight is 319 g/mol. The van der Waals surface area contributed by atoms with Crippen LogP contribution in [-0.4, -0.2) is 11.1 Å². The third-order valence-corrected chi connectivity index (χ3v) is 4.18. The van der Waals surface area contributed by atoms with Crippen LogP contribution in [0, 0.1) is 5.92 Å². The molecule has 1 saturated carbocycles. The van der Waals surface area contributed by atoms with E-state index in [1.807, 2.05) is 24.3 Å². The monoisotopic (exact) mass is 318 g/mol. The fourth-order valence-electron chi connectivity index (χ4n) is 2.48. The quantitative estimate of drug-likeness (QED) is 0.892. The zero-order chi connectivity index (χ0) is 15.7. The lowest BCUT2D eigenvalue weighted by Crippen LogP contribution is -2.31. The lowest BCUT2D eigenvalue weighted by Gasteiger charge is -2.22. The topological polar surface area (TPSA) is 55.1 Å². The second-order valence-corrected chi connectivity index (χ2v) is 6.57. The molecule has 1 amide bonds. The molecule has 0 bridgehead atoms. The number of nitrogens with one attached hydrogen (secondary N) is 1. The molecule has 5 heteroatoms. The summed E-state index contributed by atoms with van der Waals surface area (Å²) < 4.78 is 5.24. The highest BCUT2D eigenvalue weighted by molar-refractivity contribution is 6.30. The van der Waals surface area contributed by atoms with Crippen molar-refractivity contribution in [2.45, 2.75) is 38.6 Å². The SMILES string of the molecule is CC(C)C(NC(=O)c1cc(C2CC2)on1)c1ccc(Cl)cc1. The van der Waals surface area contributed by atoms with Crippen LogP contribution in [0.4, 0.5) is 0 Å². The average Bonchev–Trinajstić information content (AvgIpc) is 3.22. The molecule has 0 saturated heterocycles. The number of rotatable bonds is 5. The van der Waals surface area contributed by atoms with Crippen LogP contribution >= 0.6 is 11.6 Å². The fraction of sp³-hybridized carbons (Fsp3) is 0.412. The van der Waals surface area contributed by atoms with Gasteiger partial charge in [0.2, 0.25) is 0 Å². The van der Waals surface area contributed by atoms with Gasteiger partial charge < -0.3 is 9.84 Å². The highest BCUT2D eigenvalue weighted by Gasteiger charge is 2.29. The van der Waals surface area contributed by atoms with E-state index in [1.165, 1.54) is 0 Å². The van der Waals surface area contributed by atoms with Gasteiger partial charge in [-0.1, -0.05) is 42.7 Å². The summed E-state index contributed by atoms with van der Waals surface area (Å²) >= 11 is 5.93. The molecule has 3 rings (SSSR count). The molecule has 1 atom stereocenters. The van der Waals surface area contributed by atoms with E-state index in [-0.39, 0.29) is 17.9 Å². The molecule has 0 radical (unpaired) electrons. The number of carbonyl (C=O) groups is 1. The summed E-state index contributed by atoms with van der Waals surface area (Å²) in [5, 5.41) is 7.61. The largest absolute Gasteiger partial charge is 0.360 e. The predicted octanol–water partition coefficient (Wildman–Crippen LogP) is 4.33. The van der Waals surface area contributed by atoms with Crippen molar-refractivity contribution >= 4 is 17.5 Å². The second kappa shape index (κ2) is 6.13.